The molecular weight excluding hydrogens is 525 g/mol. The topological polar surface area (TPSA) is 62.5 Å². The molecule has 0 spiro atoms. The molecule has 0 radical (unpaired) electrons. The highest BCUT2D eigenvalue weighted by Gasteiger charge is 2.10. The fourth-order valence-corrected chi connectivity index (χ4v) is 6.72. The van der Waals surface area contributed by atoms with Gasteiger partial charge in [-0.2, -0.15) is 0 Å². The van der Waals surface area contributed by atoms with E-state index in [0.29, 0.717) is 21.9 Å². The van der Waals surface area contributed by atoms with Crippen LogP contribution in [0.3, 0.4) is 0 Å². The molecule has 0 aliphatic rings. The highest BCUT2D eigenvalue weighted by molar-refractivity contribution is 8.89. The molecule has 0 bridgehead atoms. The molecule has 12 heteroatoms. The van der Waals surface area contributed by atoms with Crippen LogP contribution in [0.15, 0.2) is 58.1 Å². The Bertz CT molecular complexity index is 1280. The van der Waals surface area contributed by atoms with Crippen LogP contribution in [0.5, 0.6) is 0 Å². The third kappa shape index (κ3) is 5.61. The smallest absolute Gasteiger partial charge is 0.308 e. The van der Waals surface area contributed by atoms with Crippen molar-refractivity contribution in [3.05, 3.63) is 67.9 Å². The van der Waals surface area contributed by atoms with E-state index in [-0.39, 0.29) is 23.0 Å². The molecule has 0 aliphatic heterocycles. The number of thiazole rings is 2. The second-order valence-corrected chi connectivity index (χ2v) is 11.7. The molecule has 0 unspecified atom stereocenters. The normalized spacial score (nSPS) is 11.1. The first kappa shape index (κ1) is 23.5. The third-order valence-corrected chi connectivity index (χ3v) is 9.43. The van der Waals surface area contributed by atoms with Crippen LogP contribution in [0.25, 0.3) is 20.4 Å². The molecule has 166 valence electrons. The highest BCUT2D eigenvalue weighted by atomic mass is 33.1. The number of rotatable bonds is 6. The number of aromatic nitrogens is 2. The molecule has 0 saturated carbocycles. The lowest BCUT2D eigenvalue weighted by Gasteiger charge is -2.09. The Morgan fingerprint density at radius 3 is 1.59 bits per heavy atom. The van der Waals surface area contributed by atoms with Gasteiger partial charge in [0.2, 0.25) is 8.77 Å². The van der Waals surface area contributed by atoms with Crippen molar-refractivity contribution < 1.29 is 9.47 Å². The van der Waals surface area contributed by atoms with Crippen molar-refractivity contribution >= 4 is 97.9 Å². The average Bonchev–Trinajstić information content (AvgIpc) is 3.28. The van der Waals surface area contributed by atoms with Gasteiger partial charge in [-0.05, 0) is 48.7 Å². The standard InChI is InChI=1S/C20H16N2O4S6/c23-17-21(13-5-1-3-7-15(13)29-17)9-11-25-19(27)31-32-20(28)26-12-10-22-14-6-2-4-8-16(14)30-18(22)24/h1-8H,9-12H2. The van der Waals surface area contributed by atoms with Crippen molar-refractivity contribution in [3.63, 3.8) is 0 Å². The van der Waals surface area contributed by atoms with Crippen LogP contribution in [-0.2, 0) is 22.6 Å². The van der Waals surface area contributed by atoms with E-state index in [1.165, 1.54) is 44.3 Å². The van der Waals surface area contributed by atoms with Crippen LogP contribution < -0.4 is 9.75 Å². The van der Waals surface area contributed by atoms with Crippen LogP contribution in [0.2, 0.25) is 0 Å². The molecule has 0 atom stereocenters. The largest absolute Gasteiger partial charge is 0.476 e. The Kier molecular flexibility index (Phi) is 8.02. The quantitative estimate of drug-likeness (QED) is 0.247. The fourth-order valence-electron chi connectivity index (χ4n) is 3.01. The minimum Gasteiger partial charge on any atom is -0.476 e. The van der Waals surface area contributed by atoms with E-state index in [2.05, 4.69) is 0 Å². The first-order valence-electron chi connectivity index (χ1n) is 9.38. The van der Waals surface area contributed by atoms with Crippen molar-refractivity contribution in [2.45, 2.75) is 13.1 Å². The lowest BCUT2D eigenvalue weighted by atomic mass is 10.3. The van der Waals surface area contributed by atoms with E-state index in [1.54, 1.807) is 9.13 Å². The van der Waals surface area contributed by atoms with Gasteiger partial charge in [-0.3, -0.25) is 18.7 Å². The van der Waals surface area contributed by atoms with Gasteiger partial charge in [0, 0.05) is 21.6 Å². The highest BCUT2D eigenvalue weighted by Crippen LogP contribution is 2.26. The molecule has 32 heavy (non-hydrogen) atoms. The van der Waals surface area contributed by atoms with Gasteiger partial charge < -0.3 is 9.47 Å². The van der Waals surface area contributed by atoms with Gasteiger partial charge in [-0.15, -0.1) is 0 Å². The molecular formula is C20H16N2O4S6. The Morgan fingerprint density at radius 2 is 1.16 bits per heavy atom. The average molecular weight is 541 g/mol. The Morgan fingerprint density at radius 1 is 0.750 bits per heavy atom. The summed E-state index contributed by atoms with van der Waals surface area (Å²) in [5.41, 5.74) is 1.79. The lowest BCUT2D eigenvalue weighted by molar-refractivity contribution is 0.302. The maximum absolute atomic E-state index is 12.1. The van der Waals surface area contributed by atoms with E-state index in [4.69, 9.17) is 33.9 Å². The molecule has 0 N–H and O–H groups in total. The summed E-state index contributed by atoms with van der Waals surface area (Å²) in [6.45, 7) is 1.40. The predicted octanol–water partition coefficient (Wildman–Crippen LogP) is 5.12. The summed E-state index contributed by atoms with van der Waals surface area (Å²) in [6, 6.07) is 15.3. The van der Waals surface area contributed by atoms with Gasteiger partial charge in [0.05, 0.1) is 33.5 Å². The molecule has 2 heterocycles. The molecule has 0 aliphatic carbocycles. The SMILES string of the molecule is O=c1sc2ccccc2n1CCOC(=S)SSC(=S)OCCn1c(=O)sc2ccccc21. The number of thiocarbonyl (C=S) groups is 2. The summed E-state index contributed by atoms with van der Waals surface area (Å²) in [7, 11) is 2.38. The van der Waals surface area contributed by atoms with Crippen LogP contribution in [0.4, 0.5) is 0 Å². The van der Waals surface area contributed by atoms with Gasteiger partial charge in [0.25, 0.3) is 0 Å². The first-order chi connectivity index (χ1) is 15.5. The third-order valence-electron chi connectivity index (χ3n) is 4.39. The molecule has 0 amide bonds. The van der Waals surface area contributed by atoms with Crippen LogP contribution in [0.1, 0.15) is 0 Å². The number of hydrogen-bond acceptors (Lipinski definition) is 10. The summed E-state index contributed by atoms with van der Waals surface area (Å²) >= 11 is 12.9. The van der Waals surface area contributed by atoms with Crippen molar-refractivity contribution in [3.8, 4) is 0 Å². The molecule has 0 fully saturated rings. The van der Waals surface area contributed by atoms with E-state index in [0.717, 1.165) is 20.4 Å². The summed E-state index contributed by atoms with van der Waals surface area (Å²) in [5.74, 6) is 0. The fraction of sp³-hybridized carbons (Fsp3) is 0.200. The number of hydrogen-bond donors (Lipinski definition) is 0. The summed E-state index contributed by atoms with van der Waals surface area (Å²) in [4.78, 5) is 24.2. The molecule has 4 rings (SSSR count). The van der Waals surface area contributed by atoms with Gasteiger partial charge >= 0.3 is 9.75 Å². The zero-order valence-electron chi connectivity index (χ0n) is 16.4. The zero-order valence-corrected chi connectivity index (χ0v) is 21.3. The van der Waals surface area contributed by atoms with Crippen molar-refractivity contribution in [1.29, 1.82) is 0 Å². The summed E-state index contributed by atoms with van der Waals surface area (Å²) < 4.78 is 17.0. The van der Waals surface area contributed by atoms with E-state index < -0.39 is 0 Å². The maximum atomic E-state index is 12.1. The van der Waals surface area contributed by atoms with Gasteiger partial charge in [0.15, 0.2) is 0 Å². The zero-order chi connectivity index (χ0) is 22.5. The molecule has 0 saturated heterocycles. The molecule has 6 nitrogen and oxygen atoms in total. The van der Waals surface area contributed by atoms with Crippen molar-refractivity contribution in [2.24, 2.45) is 0 Å². The molecule has 2 aromatic heterocycles. The van der Waals surface area contributed by atoms with E-state index in [9.17, 15) is 9.59 Å². The second kappa shape index (κ2) is 10.9. The monoisotopic (exact) mass is 540 g/mol. The number of para-hydroxylation sites is 2. The maximum Gasteiger partial charge on any atom is 0.308 e. The van der Waals surface area contributed by atoms with E-state index >= 15 is 0 Å². The van der Waals surface area contributed by atoms with Crippen LogP contribution in [0, 0.1) is 0 Å². The Labute approximate surface area is 209 Å². The number of nitrogens with zero attached hydrogens (tertiary/aromatic N) is 2. The van der Waals surface area contributed by atoms with Crippen molar-refractivity contribution in [1.82, 2.24) is 9.13 Å². The first-order valence-corrected chi connectivity index (χ1v) is 14.0. The number of benzene rings is 2. The predicted molar refractivity (Wildman–Crippen MR) is 144 cm³/mol. The minimum absolute atomic E-state index is 0.0187. The number of fused-ring (bicyclic) bond motifs is 2. The van der Waals surface area contributed by atoms with Gasteiger partial charge in [-0.1, -0.05) is 46.9 Å². The summed E-state index contributed by atoms with van der Waals surface area (Å²) in [6.07, 6.45) is 0. The lowest BCUT2D eigenvalue weighted by Crippen LogP contribution is -2.17. The minimum atomic E-state index is -0.0187. The van der Waals surface area contributed by atoms with Gasteiger partial charge in [-0.25, -0.2) is 0 Å². The van der Waals surface area contributed by atoms with Crippen LogP contribution in [-0.4, -0.2) is 31.1 Å². The summed E-state index contributed by atoms with van der Waals surface area (Å²) in [5, 5.41) is 0. The van der Waals surface area contributed by atoms with Crippen molar-refractivity contribution in [2.75, 3.05) is 13.2 Å². The molecule has 2 aromatic carbocycles. The van der Waals surface area contributed by atoms with Crippen LogP contribution >= 0.6 is 68.7 Å². The molecule has 4 aromatic rings. The Hall–Kier alpha value is -1.70. The Balaban J connectivity index is 1.18. The number of ether oxygens (including phenoxy) is 2. The van der Waals surface area contributed by atoms with E-state index in [1.807, 2.05) is 48.5 Å². The van der Waals surface area contributed by atoms with Gasteiger partial charge in [0.1, 0.15) is 13.2 Å². The second-order valence-electron chi connectivity index (χ2n) is 6.34.